The molecule has 2 fully saturated rings. The summed E-state index contributed by atoms with van der Waals surface area (Å²) in [6.07, 6.45) is 4.88. The monoisotopic (exact) mass is 328 g/mol. The maximum atomic E-state index is 5.54. The Bertz CT molecular complexity index is 617. The highest BCUT2D eigenvalue weighted by Gasteiger charge is 2.31. The van der Waals surface area contributed by atoms with Crippen LogP contribution < -0.4 is 0 Å². The van der Waals surface area contributed by atoms with Crippen molar-refractivity contribution in [2.24, 2.45) is 5.92 Å². The van der Waals surface area contributed by atoms with Gasteiger partial charge in [-0.15, -0.1) is 11.3 Å². The largest absolute Gasteiger partial charge is 0.381 e. The molecule has 122 valence electrons. The number of hydrogen-bond donors (Lipinski definition) is 0. The Hall–Kier alpha value is -1.23. The highest BCUT2D eigenvalue weighted by atomic mass is 32.1. The summed E-state index contributed by atoms with van der Waals surface area (Å²) in [5, 5.41) is 3.48. The Morgan fingerprint density at radius 3 is 2.78 bits per heavy atom. The van der Waals surface area contributed by atoms with E-state index in [-0.39, 0.29) is 0 Å². The van der Waals surface area contributed by atoms with Gasteiger partial charge >= 0.3 is 0 Å². The van der Waals surface area contributed by atoms with Gasteiger partial charge in [0.25, 0.3) is 0 Å². The lowest BCUT2D eigenvalue weighted by Gasteiger charge is -2.23. The maximum Gasteiger partial charge on any atom is 0.0972 e. The molecule has 0 unspecified atom stereocenters. The molecular formula is C19H24N2OS. The number of thiazole rings is 1. The predicted molar refractivity (Wildman–Crippen MR) is 93.7 cm³/mol. The molecule has 4 heteroatoms. The molecule has 3 nitrogen and oxygen atoms in total. The summed E-state index contributed by atoms with van der Waals surface area (Å²) in [6, 6.07) is 11.4. The fraction of sp³-hybridized carbons (Fsp3) is 0.526. The van der Waals surface area contributed by atoms with Gasteiger partial charge in [-0.1, -0.05) is 30.3 Å². The summed E-state index contributed by atoms with van der Waals surface area (Å²) < 4.78 is 5.54. The van der Waals surface area contributed by atoms with E-state index in [4.69, 9.17) is 9.72 Å². The van der Waals surface area contributed by atoms with E-state index < -0.39 is 0 Å². The molecule has 1 aromatic carbocycles. The molecular weight excluding hydrogens is 304 g/mol. The fourth-order valence-corrected chi connectivity index (χ4v) is 4.14. The normalized spacial score (nSPS) is 21.2. The molecule has 1 atom stereocenters. The first-order valence-corrected chi connectivity index (χ1v) is 9.54. The number of aromatic nitrogens is 1. The zero-order valence-electron chi connectivity index (χ0n) is 13.5. The average molecular weight is 328 g/mol. The maximum absolute atomic E-state index is 5.54. The summed E-state index contributed by atoms with van der Waals surface area (Å²) >= 11 is 1.80. The minimum Gasteiger partial charge on any atom is -0.381 e. The van der Waals surface area contributed by atoms with Crippen LogP contribution in [0.3, 0.4) is 0 Å². The van der Waals surface area contributed by atoms with Gasteiger partial charge in [-0.25, -0.2) is 4.98 Å². The van der Waals surface area contributed by atoms with E-state index in [1.807, 2.05) is 0 Å². The Morgan fingerprint density at radius 2 is 2.04 bits per heavy atom. The van der Waals surface area contributed by atoms with E-state index in [0.29, 0.717) is 0 Å². The molecule has 23 heavy (non-hydrogen) atoms. The lowest BCUT2D eigenvalue weighted by molar-refractivity contribution is 0.161. The predicted octanol–water partition coefficient (Wildman–Crippen LogP) is 3.73. The summed E-state index contributed by atoms with van der Waals surface area (Å²) in [4.78, 5) is 7.52. The van der Waals surface area contributed by atoms with E-state index in [2.05, 4.69) is 40.6 Å². The van der Waals surface area contributed by atoms with Crippen molar-refractivity contribution >= 4 is 11.3 Å². The molecule has 2 aromatic rings. The number of rotatable bonds is 7. The number of ether oxygens (including phenoxy) is 1. The van der Waals surface area contributed by atoms with Crippen molar-refractivity contribution in [2.75, 3.05) is 19.8 Å². The molecule has 2 heterocycles. The second-order valence-electron chi connectivity index (χ2n) is 6.79. The van der Waals surface area contributed by atoms with Crippen LogP contribution >= 0.6 is 11.3 Å². The van der Waals surface area contributed by atoms with Gasteiger partial charge in [0.1, 0.15) is 0 Å². The van der Waals surface area contributed by atoms with Gasteiger partial charge in [-0.3, -0.25) is 4.90 Å². The lowest BCUT2D eigenvalue weighted by atomic mass is 10.1. The van der Waals surface area contributed by atoms with Gasteiger partial charge in [0.2, 0.25) is 0 Å². The molecule has 4 rings (SSSR count). The molecule has 1 saturated heterocycles. The Morgan fingerprint density at radius 1 is 1.17 bits per heavy atom. The van der Waals surface area contributed by atoms with Crippen LogP contribution in [0.1, 0.15) is 35.5 Å². The third-order valence-corrected chi connectivity index (χ3v) is 5.64. The minimum absolute atomic E-state index is 0.720. The van der Waals surface area contributed by atoms with E-state index in [1.165, 1.54) is 42.1 Å². The summed E-state index contributed by atoms with van der Waals surface area (Å²) in [5.41, 5.74) is 2.59. The lowest BCUT2D eigenvalue weighted by Crippen LogP contribution is -2.31. The second kappa shape index (κ2) is 7.12. The van der Waals surface area contributed by atoms with Crippen LogP contribution in [0.2, 0.25) is 0 Å². The van der Waals surface area contributed by atoms with E-state index in [0.717, 1.165) is 38.1 Å². The third-order valence-electron chi connectivity index (χ3n) is 4.74. The summed E-state index contributed by atoms with van der Waals surface area (Å²) in [5.74, 6) is 0.720. The second-order valence-corrected chi connectivity index (χ2v) is 7.73. The first kappa shape index (κ1) is 15.3. The van der Waals surface area contributed by atoms with Crippen LogP contribution in [-0.4, -0.2) is 35.7 Å². The molecule has 1 saturated carbocycles. The first-order valence-electron chi connectivity index (χ1n) is 8.66. The Kier molecular flexibility index (Phi) is 4.74. The molecule has 2 aliphatic rings. The van der Waals surface area contributed by atoms with Crippen molar-refractivity contribution in [1.82, 2.24) is 9.88 Å². The third kappa shape index (κ3) is 4.19. The van der Waals surface area contributed by atoms with Crippen molar-refractivity contribution in [3.8, 4) is 0 Å². The van der Waals surface area contributed by atoms with Crippen LogP contribution in [0.4, 0.5) is 0 Å². The highest BCUT2D eigenvalue weighted by molar-refractivity contribution is 7.09. The van der Waals surface area contributed by atoms with Crippen molar-refractivity contribution in [2.45, 2.75) is 38.3 Å². The molecule has 0 amide bonds. The van der Waals surface area contributed by atoms with E-state index >= 15 is 0 Å². The standard InChI is InChI=1S/C19H24N2OS/c1-2-4-15(5-3-1)10-19-20-17(14-23-19)12-21(18-6-7-18)11-16-8-9-22-13-16/h1-5,14,16,18H,6-13H2/t16-/m1/s1. The van der Waals surface area contributed by atoms with Gasteiger partial charge in [-0.05, 0) is 30.7 Å². The van der Waals surface area contributed by atoms with Crippen LogP contribution in [0.25, 0.3) is 0 Å². The van der Waals surface area contributed by atoms with Crippen molar-refractivity contribution in [3.63, 3.8) is 0 Å². The highest BCUT2D eigenvalue weighted by Crippen LogP contribution is 2.30. The van der Waals surface area contributed by atoms with Crippen molar-refractivity contribution in [1.29, 1.82) is 0 Å². The topological polar surface area (TPSA) is 25.4 Å². The number of hydrogen-bond acceptors (Lipinski definition) is 4. The van der Waals surface area contributed by atoms with Crippen LogP contribution in [0.5, 0.6) is 0 Å². The summed E-state index contributed by atoms with van der Waals surface area (Å²) in [7, 11) is 0. The van der Waals surface area contributed by atoms with Crippen LogP contribution in [0.15, 0.2) is 35.7 Å². The van der Waals surface area contributed by atoms with Gasteiger partial charge in [0.15, 0.2) is 0 Å². The number of benzene rings is 1. The van der Waals surface area contributed by atoms with Gasteiger partial charge in [-0.2, -0.15) is 0 Å². The SMILES string of the molecule is c1ccc(Cc2nc(CN(C[C@H]3CCOC3)C3CC3)cs2)cc1. The smallest absolute Gasteiger partial charge is 0.0972 e. The molecule has 1 aliphatic heterocycles. The fourth-order valence-electron chi connectivity index (χ4n) is 3.32. The van der Waals surface area contributed by atoms with Gasteiger partial charge < -0.3 is 4.74 Å². The molecule has 0 radical (unpaired) electrons. The zero-order chi connectivity index (χ0) is 15.5. The average Bonchev–Trinajstić information content (AvgIpc) is 3.12. The molecule has 1 aliphatic carbocycles. The molecule has 0 spiro atoms. The van der Waals surface area contributed by atoms with Crippen LogP contribution in [-0.2, 0) is 17.7 Å². The van der Waals surface area contributed by atoms with Crippen LogP contribution in [0, 0.1) is 5.92 Å². The first-order chi connectivity index (χ1) is 11.4. The molecule has 0 N–H and O–H groups in total. The van der Waals surface area contributed by atoms with Crippen molar-refractivity contribution in [3.05, 3.63) is 52.0 Å². The molecule has 0 bridgehead atoms. The molecule has 1 aromatic heterocycles. The van der Waals surface area contributed by atoms with E-state index in [1.54, 1.807) is 11.3 Å². The Labute approximate surface area is 142 Å². The van der Waals surface area contributed by atoms with Gasteiger partial charge in [0, 0.05) is 37.5 Å². The zero-order valence-corrected chi connectivity index (χ0v) is 14.3. The van der Waals surface area contributed by atoms with Crippen molar-refractivity contribution < 1.29 is 4.74 Å². The summed E-state index contributed by atoms with van der Waals surface area (Å²) in [6.45, 7) is 4.07. The Balaban J connectivity index is 1.37. The number of nitrogens with zero attached hydrogens (tertiary/aromatic N) is 2. The van der Waals surface area contributed by atoms with E-state index in [9.17, 15) is 0 Å². The van der Waals surface area contributed by atoms with Gasteiger partial charge in [0.05, 0.1) is 17.3 Å². The minimum atomic E-state index is 0.720. The quantitative estimate of drug-likeness (QED) is 0.774.